The molecule has 1 atom stereocenters. The number of aromatic nitrogens is 2. The van der Waals surface area contributed by atoms with Gasteiger partial charge in [-0.05, 0) is 24.6 Å². The number of imidazole rings is 1. The van der Waals surface area contributed by atoms with Crippen LogP contribution in [0.2, 0.25) is 0 Å². The minimum atomic E-state index is -0.671. The molecule has 1 aromatic heterocycles. The van der Waals surface area contributed by atoms with Crippen LogP contribution in [0.15, 0.2) is 18.2 Å². The van der Waals surface area contributed by atoms with E-state index in [4.69, 9.17) is 10.2 Å². The predicted molar refractivity (Wildman–Crippen MR) is 81.0 cm³/mol. The minimum absolute atomic E-state index is 0.00515. The predicted octanol–water partition coefficient (Wildman–Crippen LogP) is 0.202. The van der Waals surface area contributed by atoms with E-state index >= 15 is 0 Å². The zero-order valence-electron chi connectivity index (χ0n) is 12.5. The number of hydrogen-bond donors (Lipinski definition) is 3. The van der Waals surface area contributed by atoms with Gasteiger partial charge in [-0.1, -0.05) is 6.07 Å². The lowest BCUT2D eigenvalue weighted by Gasteiger charge is -2.23. The van der Waals surface area contributed by atoms with Gasteiger partial charge in [0.25, 0.3) is 0 Å². The molecule has 0 amide bonds. The van der Waals surface area contributed by atoms with Gasteiger partial charge in [0.15, 0.2) is 0 Å². The number of aliphatic hydroxyl groups is 3. The SMILES string of the molecule is Cc1nc2cc(C(O)CN(CCO)CCO)ccc2n1C. The average Bonchev–Trinajstić information content (AvgIpc) is 2.74. The van der Waals surface area contributed by atoms with Crippen LogP contribution in [-0.4, -0.2) is 62.6 Å². The summed E-state index contributed by atoms with van der Waals surface area (Å²) in [6.07, 6.45) is -0.671. The second-order valence-corrected chi connectivity index (χ2v) is 5.23. The first-order valence-electron chi connectivity index (χ1n) is 7.12. The molecule has 1 unspecified atom stereocenters. The topological polar surface area (TPSA) is 81.8 Å². The van der Waals surface area contributed by atoms with E-state index in [1.807, 2.05) is 41.6 Å². The van der Waals surface area contributed by atoms with Gasteiger partial charge in [-0.15, -0.1) is 0 Å². The molecule has 0 saturated heterocycles. The van der Waals surface area contributed by atoms with E-state index in [1.165, 1.54) is 0 Å². The van der Waals surface area contributed by atoms with Crippen LogP contribution in [-0.2, 0) is 7.05 Å². The molecule has 0 bridgehead atoms. The molecule has 0 aliphatic rings. The van der Waals surface area contributed by atoms with Gasteiger partial charge in [0.2, 0.25) is 0 Å². The van der Waals surface area contributed by atoms with Crippen molar-refractivity contribution >= 4 is 11.0 Å². The van der Waals surface area contributed by atoms with Gasteiger partial charge in [-0.2, -0.15) is 0 Å². The molecule has 1 aromatic carbocycles. The molecule has 0 spiro atoms. The summed E-state index contributed by atoms with van der Waals surface area (Å²) >= 11 is 0. The molecule has 21 heavy (non-hydrogen) atoms. The van der Waals surface area contributed by atoms with Crippen molar-refractivity contribution in [3.05, 3.63) is 29.6 Å². The third-order valence-corrected chi connectivity index (χ3v) is 3.78. The highest BCUT2D eigenvalue weighted by Gasteiger charge is 2.14. The summed E-state index contributed by atoms with van der Waals surface area (Å²) in [6, 6.07) is 5.74. The summed E-state index contributed by atoms with van der Waals surface area (Å²) < 4.78 is 2.01. The Kier molecular flexibility index (Phi) is 5.30. The number of aliphatic hydroxyl groups excluding tert-OH is 3. The normalized spacial score (nSPS) is 13.2. The molecule has 0 radical (unpaired) electrons. The van der Waals surface area contributed by atoms with Crippen molar-refractivity contribution in [2.24, 2.45) is 7.05 Å². The monoisotopic (exact) mass is 293 g/mol. The first kappa shape index (κ1) is 15.9. The highest BCUT2D eigenvalue weighted by atomic mass is 16.3. The molecule has 6 nitrogen and oxygen atoms in total. The van der Waals surface area contributed by atoms with Crippen molar-refractivity contribution in [3.63, 3.8) is 0 Å². The Labute approximate surface area is 124 Å². The molecule has 3 N–H and O–H groups in total. The van der Waals surface area contributed by atoms with Gasteiger partial charge < -0.3 is 19.9 Å². The molecule has 0 aliphatic heterocycles. The first-order chi connectivity index (χ1) is 10.1. The molecule has 0 saturated carbocycles. The van der Waals surface area contributed by atoms with Crippen LogP contribution in [0.1, 0.15) is 17.5 Å². The van der Waals surface area contributed by atoms with Crippen LogP contribution in [0.25, 0.3) is 11.0 Å². The third-order valence-electron chi connectivity index (χ3n) is 3.78. The molecule has 2 aromatic rings. The summed E-state index contributed by atoms with van der Waals surface area (Å²) in [5.41, 5.74) is 2.69. The van der Waals surface area contributed by atoms with Crippen LogP contribution in [0.5, 0.6) is 0 Å². The summed E-state index contributed by atoms with van der Waals surface area (Å²) in [5.74, 6) is 0.929. The van der Waals surface area contributed by atoms with Crippen LogP contribution in [0.4, 0.5) is 0 Å². The van der Waals surface area contributed by atoms with Gasteiger partial charge >= 0.3 is 0 Å². The second-order valence-electron chi connectivity index (χ2n) is 5.23. The molecule has 0 aliphatic carbocycles. The fraction of sp³-hybridized carbons (Fsp3) is 0.533. The van der Waals surface area contributed by atoms with E-state index < -0.39 is 6.10 Å². The summed E-state index contributed by atoms with van der Waals surface area (Å²) in [5, 5.41) is 28.3. The Bertz CT molecular complexity index is 591. The lowest BCUT2D eigenvalue weighted by Crippen LogP contribution is -2.33. The number of rotatable bonds is 7. The van der Waals surface area contributed by atoms with Crippen molar-refractivity contribution in [2.75, 3.05) is 32.8 Å². The van der Waals surface area contributed by atoms with E-state index in [0.29, 0.717) is 19.6 Å². The van der Waals surface area contributed by atoms with E-state index in [-0.39, 0.29) is 13.2 Å². The maximum atomic E-state index is 10.3. The molecular formula is C15H23N3O3. The average molecular weight is 293 g/mol. The fourth-order valence-electron chi connectivity index (χ4n) is 2.47. The zero-order valence-corrected chi connectivity index (χ0v) is 12.5. The lowest BCUT2D eigenvalue weighted by atomic mass is 10.1. The van der Waals surface area contributed by atoms with Crippen LogP contribution < -0.4 is 0 Å². The van der Waals surface area contributed by atoms with Crippen LogP contribution in [0, 0.1) is 6.92 Å². The molecule has 116 valence electrons. The lowest BCUT2D eigenvalue weighted by molar-refractivity contribution is 0.0875. The van der Waals surface area contributed by atoms with Crippen molar-refractivity contribution in [2.45, 2.75) is 13.0 Å². The van der Waals surface area contributed by atoms with Crippen LogP contribution in [0.3, 0.4) is 0 Å². The van der Waals surface area contributed by atoms with Gasteiger partial charge in [-0.3, -0.25) is 4.90 Å². The van der Waals surface area contributed by atoms with E-state index in [1.54, 1.807) is 0 Å². The third kappa shape index (κ3) is 3.59. The Morgan fingerprint density at radius 1 is 1.24 bits per heavy atom. The molecule has 2 rings (SSSR count). The maximum Gasteiger partial charge on any atom is 0.106 e. The summed E-state index contributed by atoms with van der Waals surface area (Å²) in [4.78, 5) is 6.30. The maximum absolute atomic E-state index is 10.3. The first-order valence-corrected chi connectivity index (χ1v) is 7.12. The highest BCUT2D eigenvalue weighted by molar-refractivity contribution is 5.76. The quantitative estimate of drug-likeness (QED) is 0.679. The van der Waals surface area contributed by atoms with Crippen molar-refractivity contribution in [1.29, 1.82) is 0 Å². The van der Waals surface area contributed by atoms with E-state index in [9.17, 15) is 5.11 Å². The summed E-state index contributed by atoms with van der Waals surface area (Å²) in [7, 11) is 1.96. The fourth-order valence-corrected chi connectivity index (χ4v) is 2.47. The number of benzene rings is 1. The van der Waals surface area contributed by atoms with Gasteiger partial charge in [0.05, 0.1) is 30.4 Å². The highest BCUT2D eigenvalue weighted by Crippen LogP contribution is 2.21. The standard InChI is InChI=1S/C15H23N3O3/c1-11-16-13-9-12(3-4-14(13)17(11)2)15(21)10-18(5-7-19)6-8-20/h3-4,9,15,19-21H,5-8,10H2,1-2H3. The van der Waals surface area contributed by atoms with Crippen molar-refractivity contribution in [3.8, 4) is 0 Å². The van der Waals surface area contributed by atoms with E-state index in [0.717, 1.165) is 22.4 Å². The largest absolute Gasteiger partial charge is 0.395 e. The minimum Gasteiger partial charge on any atom is -0.395 e. The van der Waals surface area contributed by atoms with Gasteiger partial charge in [0, 0.05) is 26.7 Å². The number of nitrogens with zero attached hydrogens (tertiary/aromatic N) is 3. The zero-order chi connectivity index (χ0) is 15.4. The van der Waals surface area contributed by atoms with Gasteiger partial charge in [0.1, 0.15) is 5.82 Å². The van der Waals surface area contributed by atoms with Crippen molar-refractivity contribution in [1.82, 2.24) is 14.5 Å². The molecule has 6 heteroatoms. The Hall–Kier alpha value is -1.47. The molecule has 1 heterocycles. The smallest absolute Gasteiger partial charge is 0.106 e. The Balaban J connectivity index is 2.16. The van der Waals surface area contributed by atoms with Crippen LogP contribution >= 0.6 is 0 Å². The molecule has 0 fully saturated rings. The number of fused-ring (bicyclic) bond motifs is 1. The molecular weight excluding hydrogens is 270 g/mol. The van der Waals surface area contributed by atoms with Crippen molar-refractivity contribution < 1.29 is 15.3 Å². The Morgan fingerprint density at radius 3 is 2.52 bits per heavy atom. The number of aryl methyl sites for hydroxylation is 2. The Morgan fingerprint density at radius 2 is 1.90 bits per heavy atom. The van der Waals surface area contributed by atoms with Gasteiger partial charge in [-0.25, -0.2) is 4.98 Å². The second kappa shape index (κ2) is 7.00. The number of hydrogen-bond acceptors (Lipinski definition) is 5. The van der Waals surface area contributed by atoms with E-state index in [2.05, 4.69) is 4.98 Å². The summed E-state index contributed by atoms with van der Waals surface area (Å²) in [6.45, 7) is 3.19.